The summed E-state index contributed by atoms with van der Waals surface area (Å²) in [6.45, 7) is 3.99. The Labute approximate surface area is 120 Å². The van der Waals surface area contributed by atoms with Crippen molar-refractivity contribution in [2.45, 2.75) is 13.8 Å². The third-order valence-corrected chi connectivity index (χ3v) is 3.85. The zero-order chi connectivity index (χ0) is 14.0. The van der Waals surface area contributed by atoms with E-state index in [1.807, 2.05) is 19.1 Å². The molecule has 0 bridgehead atoms. The molecule has 1 aromatic heterocycles. The van der Waals surface area contributed by atoms with Crippen molar-refractivity contribution in [1.82, 2.24) is 4.98 Å². The molecular formula is C13H13ClN2O2S. The lowest BCUT2D eigenvalue weighted by Gasteiger charge is -2.01. The van der Waals surface area contributed by atoms with Gasteiger partial charge in [-0.15, -0.1) is 11.3 Å². The lowest BCUT2D eigenvalue weighted by Crippen LogP contribution is -2.05. The number of aromatic nitrogens is 1. The van der Waals surface area contributed by atoms with E-state index in [0.717, 1.165) is 11.1 Å². The van der Waals surface area contributed by atoms with Crippen LogP contribution in [-0.4, -0.2) is 17.6 Å². The molecule has 100 valence electrons. The molecule has 2 N–H and O–H groups in total. The highest BCUT2D eigenvalue weighted by molar-refractivity contribution is 7.17. The van der Waals surface area contributed by atoms with E-state index in [1.165, 1.54) is 11.3 Å². The van der Waals surface area contributed by atoms with Crippen LogP contribution in [0.25, 0.3) is 10.6 Å². The summed E-state index contributed by atoms with van der Waals surface area (Å²) in [7, 11) is 0. The van der Waals surface area contributed by atoms with Gasteiger partial charge in [0.25, 0.3) is 0 Å². The molecule has 0 aliphatic carbocycles. The van der Waals surface area contributed by atoms with Crippen molar-refractivity contribution in [2.75, 3.05) is 12.3 Å². The second-order valence-electron chi connectivity index (χ2n) is 3.91. The van der Waals surface area contributed by atoms with Gasteiger partial charge < -0.3 is 10.5 Å². The van der Waals surface area contributed by atoms with Crippen molar-refractivity contribution in [1.29, 1.82) is 0 Å². The lowest BCUT2D eigenvalue weighted by molar-refractivity contribution is 0.0533. The van der Waals surface area contributed by atoms with E-state index >= 15 is 0 Å². The standard InChI is InChI=1S/C13H13ClN2O2S/c1-3-18-13(17)10-11(15)16-12(19-10)9-5-4-8(14)6-7(9)2/h4-6H,3,15H2,1-2H3. The first kappa shape index (κ1) is 13.8. The summed E-state index contributed by atoms with van der Waals surface area (Å²) in [6, 6.07) is 5.49. The number of hydrogen-bond acceptors (Lipinski definition) is 5. The lowest BCUT2D eigenvalue weighted by atomic mass is 10.1. The predicted molar refractivity (Wildman–Crippen MR) is 77.7 cm³/mol. The fraction of sp³-hybridized carbons (Fsp3) is 0.231. The largest absolute Gasteiger partial charge is 0.462 e. The van der Waals surface area contributed by atoms with Crippen molar-refractivity contribution in [3.8, 4) is 10.6 Å². The summed E-state index contributed by atoms with van der Waals surface area (Å²) in [5, 5.41) is 1.35. The van der Waals surface area contributed by atoms with Gasteiger partial charge in [0.1, 0.15) is 10.8 Å². The Bertz CT molecular complexity index is 625. The van der Waals surface area contributed by atoms with E-state index < -0.39 is 5.97 Å². The fourth-order valence-corrected chi connectivity index (χ4v) is 2.85. The zero-order valence-electron chi connectivity index (χ0n) is 10.6. The number of benzene rings is 1. The number of thiazole rings is 1. The van der Waals surface area contributed by atoms with E-state index in [0.29, 0.717) is 21.5 Å². The molecule has 0 spiro atoms. The van der Waals surface area contributed by atoms with Gasteiger partial charge in [-0.25, -0.2) is 9.78 Å². The minimum absolute atomic E-state index is 0.202. The van der Waals surface area contributed by atoms with Crippen LogP contribution in [0.2, 0.25) is 5.02 Å². The highest BCUT2D eigenvalue weighted by Gasteiger charge is 2.18. The molecule has 0 atom stereocenters. The van der Waals surface area contributed by atoms with Gasteiger partial charge in [-0.05, 0) is 31.5 Å². The first-order valence-electron chi connectivity index (χ1n) is 5.73. The van der Waals surface area contributed by atoms with Crippen molar-refractivity contribution >= 4 is 34.7 Å². The Morgan fingerprint density at radius 2 is 2.26 bits per heavy atom. The van der Waals surface area contributed by atoms with Crippen LogP contribution in [0.15, 0.2) is 18.2 Å². The molecule has 19 heavy (non-hydrogen) atoms. The molecule has 0 aliphatic heterocycles. The number of ether oxygens (including phenoxy) is 1. The molecule has 2 rings (SSSR count). The molecular weight excluding hydrogens is 284 g/mol. The fourth-order valence-electron chi connectivity index (χ4n) is 1.66. The molecule has 1 heterocycles. The molecule has 0 radical (unpaired) electrons. The van der Waals surface area contributed by atoms with Gasteiger partial charge in [0.15, 0.2) is 4.88 Å². The van der Waals surface area contributed by atoms with Crippen molar-refractivity contribution in [3.63, 3.8) is 0 Å². The molecule has 0 fully saturated rings. The predicted octanol–water partition coefficient (Wildman–Crippen LogP) is 3.53. The third kappa shape index (κ3) is 2.88. The summed E-state index contributed by atoms with van der Waals surface area (Å²) >= 11 is 7.14. The number of nitrogens with zero attached hydrogens (tertiary/aromatic N) is 1. The Morgan fingerprint density at radius 1 is 1.53 bits per heavy atom. The average molecular weight is 297 g/mol. The topological polar surface area (TPSA) is 65.2 Å². The van der Waals surface area contributed by atoms with E-state index in [-0.39, 0.29) is 5.82 Å². The number of aryl methyl sites for hydroxylation is 1. The van der Waals surface area contributed by atoms with Gasteiger partial charge in [0.05, 0.1) is 6.61 Å². The molecule has 2 aromatic rings. The monoisotopic (exact) mass is 296 g/mol. The van der Waals surface area contributed by atoms with Gasteiger partial charge in [-0.3, -0.25) is 0 Å². The molecule has 6 heteroatoms. The van der Waals surface area contributed by atoms with Gasteiger partial charge in [-0.2, -0.15) is 0 Å². The zero-order valence-corrected chi connectivity index (χ0v) is 12.1. The van der Waals surface area contributed by atoms with Crippen LogP contribution in [0, 0.1) is 6.92 Å². The first-order valence-corrected chi connectivity index (χ1v) is 6.92. The number of nitrogen functional groups attached to an aromatic ring is 1. The first-order chi connectivity index (χ1) is 9.02. The maximum absolute atomic E-state index is 11.7. The van der Waals surface area contributed by atoms with Crippen molar-refractivity contribution in [3.05, 3.63) is 33.7 Å². The van der Waals surface area contributed by atoms with Gasteiger partial charge in [0, 0.05) is 10.6 Å². The van der Waals surface area contributed by atoms with Crippen LogP contribution >= 0.6 is 22.9 Å². The number of nitrogens with two attached hydrogens (primary N) is 1. The highest BCUT2D eigenvalue weighted by Crippen LogP contribution is 2.33. The second kappa shape index (κ2) is 5.59. The van der Waals surface area contributed by atoms with E-state index in [9.17, 15) is 4.79 Å². The smallest absolute Gasteiger partial charge is 0.352 e. The van der Waals surface area contributed by atoms with Gasteiger partial charge in [-0.1, -0.05) is 17.7 Å². The Kier molecular flexibility index (Phi) is 4.07. The molecule has 0 aliphatic rings. The Balaban J connectivity index is 2.42. The summed E-state index contributed by atoms with van der Waals surface area (Å²) in [5.41, 5.74) is 7.66. The van der Waals surface area contributed by atoms with Crippen LogP contribution in [0.1, 0.15) is 22.2 Å². The molecule has 4 nitrogen and oxygen atoms in total. The van der Waals surface area contributed by atoms with Crippen LogP contribution in [0.5, 0.6) is 0 Å². The SMILES string of the molecule is CCOC(=O)c1sc(-c2ccc(Cl)cc2C)nc1N. The highest BCUT2D eigenvalue weighted by atomic mass is 35.5. The number of rotatable bonds is 3. The molecule has 0 saturated heterocycles. The number of carbonyl (C=O) groups is 1. The molecule has 0 amide bonds. The van der Waals surface area contributed by atoms with E-state index in [4.69, 9.17) is 22.1 Å². The third-order valence-electron chi connectivity index (χ3n) is 2.53. The summed E-state index contributed by atoms with van der Waals surface area (Å²) in [6.07, 6.45) is 0. The van der Waals surface area contributed by atoms with Crippen LogP contribution < -0.4 is 5.73 Å². The van der Waals surface area contributed by atoms with E-state index in [1.54, 1.807) is 13.0 Å². The normalized spacial score (nSPS) is 10.5. The second-order valence-corrected chi connectivity index (χ2v) is 5.35. The number of hydrogen-bond donors (Lipinski definition) is 1. The van der Waals surface area contributed by atoms with Crippen LogP contribution in [0.4, 0.5) is 5.82 Å². The van der Waals surface area contributed by atoms with Crippen molar-refractivity contribution < 1.29 is 9.53 Å². The van der Waals surface area contributed by atoms with Gasteiger partial charge in [0.2, 0.25) is 0 Å². The molecule has 1 aromatic carbocycles. The minimum Gasteiger partial charge on any atom is -0.462 e. The number of anilines is 1. The average Bonchev–Trinajstić information content (AvgIpc) is 2.71. The maximum Gasteiger partial charge on any atom is 0.352 e. The van der Waals surface area contributed by atoms with E-state index in [2.05, 4.69) is 4.98 Å². The van der Waals surface area contributed by atoms with Gasteiger partial charge >= 0.3 is 5.97 Å². The molecule has 0 unspecified atom stereocenters. The quantitative estimate of drug-likeness (QED) is 0.880. The Hall–Kier alpha value is -1.59. The maximum atomic E-state index is 11.7. The summed E-state index contributed by atoms with van der Waals surface area (Å²) in [4.78, 5) is 16.3. The van der Waals surface area contributed by atoms with Crippen molar-refractivity contribution in [2.24, 2.45) is 0 Å². The summed E-state index contributed by atoms with van der Waals surface area (Å²) < 4.78 is 4.94. The van der Waals surface area contributed by atoms with Crippen LogP contribution in [0.3, 0.4) is 0 Å². The summed E-state index contributed by atoms with van der Waals surface area (Å²) in [5.74, 6) is -0.233. The number of halogens is 1. The molecule has 0 saturated carbocycles. The van der Waals surface area contributed by atoms with Crippen LogP contribution in [-0.2, 0) is 4.74 Å². The number of carbonyl (C=O) groups excluding carboxylic acids is 1. The number of esters is 1. The minimum atomic E-state index is -0.435. The Morgan fingerprint density at radius 3 is 2.89 bits per heavy atom.